The topological polar surface area (TPSA) is 86.8 Å². The highest BCUT2D eigenvalue weighted by Crippen LogP contribution is 2.36. The van der Waals surface area contributed by atoms with Crippen LogP contribution in [-0.4, -0.2) is 50.0 Å². The van der Waals surface area contributed by atoms with Gasteiger partial charge in [-0.25, -0.2) is 8.42 Å². The molecule has 2 aromatic carbocycles. The van der Waals surface area contributed by atoms with Crippen LogP contribution in [0.5, 0.6) is 0 Å². The van der Waals surface area contributed by atoms with Gasteiger partial charge in [-0.15, -0.1) is 0 Å². The van der Waals surface area contributed by atoms with Crippen molar-refractivity contribution in [3.05, 3.63) is 61.0 Å². The molecule has 7 nitrogen and oxygen atoms in total. The summed E-state index contributed by atoms with van der Waals surface area (Å²) < 4.78 is 26.5. The number of nitrogens with one attached hydrogen (secondary N) is 1. The first-order valence-electron chi connectivity index (χ1n) is 12.0. The molecule has 0 aromatic heterocycles. The molecule has 1 aliphatic rings. The van der Waals surface area contributed by atoms with Gasteiger partial charge >= 0.3 is 0 Å². The van der Waals surface area contributed by atoms with Crippen molar-refractivity contribution >= 4 is 85.5 Å². The molecule has 0 heterocycles. The Bertz CT molecular complexity index is 1280. The van der Waals surface area contributed by atoms with Gasteiger partial charge in [0.2, 0.25) is 21.8 Å². The van der Waals surface area contributed by atoms with Crippen molar-refractivity contribution in [3.63, 3.8) is 0 Å². The molecular formula is C25H28Cl5N3O4S. The van der Waals surface area contributed by atoms with Gasteiger partial charge in [-0.1, -0.05) is 83.8 Å². The van der Waals surface area contributed by atoms with Crippen LogP contribution in [0.25, 0.3) is 0 Å². The normalized spacial score (nSPS) is 14.8. The van der Waals surface area contributed by atoms with Crippen LogP contribution in [0.15, 0.2) is 30.3 Å². The first-order valence-corrected chi connectivity index (χ1v) is 15.7. The highest BCUT2D eigenvalue weighted by Gasteiger charge is 2.34. The molecule has 2 amide bonds. The molecule has 0 radical (unpaired) electrons. The number of carbonyl (C=O) groups is 2. The smallest absolute Gasteiger partial charge is 0.244 e. The van der Waals surface area contributed by atoms with Crippen molar-refractivity contribution < 1.29 is 18.0 Å². The van der Waals surface area contributed by atoms with Crippen molar-refractivity contribution in [1.29, 1.82) is 0 Å². The quantitative estimate of drug-likeness (QED) is 0.296. The number of benzene rings is 2. The van der Waals surface area contributed by atoms with E-state index in [-0.39, 0.29) is 45.7 Å². The van der Waals surface area contributed by atoms with E-state index >= 15 is 0 Å². The molecule has 3 rings (SSSR count). The number of halogens is 5. The van der Waals surface area contributed by atoms with Crippen molar-refractivity contribution in [2.75, 3.05) is 17.1 Å². The van der Waals surface area contributed by atoms with Crippen LogP contribution >= 0.6 is 58.0 Å². The van der Waals surface area contributed by atoms with Crippen LogP contribution in [0.3, 0.4) is 0 Å². The fraction of sp³-hybridized carbons (Fsp3) is 0.440. The van der Waals surface area contributed by atoms with Gasteiger partial charge in [0.25, 0.3) is 0 Å². The van der Waals surface area contributed by atoms with E-state index < -0.39 is 28.5 Å². The highest BCUT2D eigenvalue weighted by molar-refractivity contribution is 7.92. The maximum Gasteiger partial charge on any atom is 0.244 e. The standard InChI is InChI=1S/C25H28Cl5N3O4S/c1-3-22(25(35)31-15-7-4-5-8-15)32(13-16-17(26)9-6-10-18(16)27)24(34)14-33(38(2,36)37)23-12-20(29)19(28)11-21(23)30/h6,9-12,15,22H,3-5,7-8,13-14H2,1-2H3,(H,31,35). The predicted molar refractivity (Wildman–Crippen MR) is 155 cm³/mol. The van der Waals surface area contributed by atoms with E-state index in [1.807, 2.05) is 0 Å². The Balaban J connectivity index is 2.01. The summed E-state index contributed by atoms with van der Waals surface area (Å²) in [6, 6.07) is 6.63. The summed E-state index contributed by atoms with van der Waals surface area (Å²) in [5, 5.41) is 3.85. The van der Waals surface area contributed by atoms with E-state index in [1.165, 1.54) is 17.0 Å². The largest absolute Gasteiger partial charge is 0.352 e. The molecule has 0 spiro atoms. The number of sulfonamides is 1. The minimum absolute atomic E-state index is 0.00987. The second-order valence-electron chi connectivity index (χ2n) is 9.12. The molecule has 208 valence electrons. The van der Waals surface area contributed by atoms with Crippen LogP contribution in [0, 0.1) is 0 Å². The monoisotopic (exact) mass is 641 g/mol. The molecule has 1 atom stereocenters. The number of hydrogen-bond donors (Lipinski definition) is 1. The Kier molecular flexibility index (Phi) is 10.9. The van der Waals surface area contributed by atoms with Gasteiger partial charge in [-0.05, 0) is 43.5 Å². The SMILES string of the molecule is CCC(C(=O)NC1CCCC1)N(Cc1c(Cl)cccc1Cl)C(=O)CN(c1cc(Cl)c(Cl)cc1Cl)S(C)(=O)=O. The average molecular weight is 644 g/mol. The first-order chi connectivity index (χ1) is 17.8. The molecule has 0 bridgehead atoms. The summed E-state index contributed by atoms with van der Waals surface area (Å²) in [7, 11) is -4.01. The molecule has 0 saturated heterocycles. The number of hydrogen-bond acceptors (Lipinski definition) is 4. The molecule has 1 saturated carbocycles. The minimum atomic E-state index is -4.01. The van der Waals surface area contributed by atoms with E-state index in [4.69, 9.17) is 58.0 Å². The Labute approximate surface area is 248 Å². The Hall–Kier alpha value is -1.42. The minimum Gasteiger partial charge on any atom is -0.352 e. The lowest BCUT2D eigenvalue weighted by atomic mass is 10.1. The zero-order valence-corrected chi connectivity index (χ0v) is 25.4. The molecule has 13 heteroatoms. The maximum atomic E-state index is 13.9. The summed E-state index contributed by atoms with van der Waals surface area (Å²) in [4.78, 5) is 28.5. The summed E-state index contributed by atoms with van der Waals surface area (Å²) in [5.41, 5.74) is 0.422. The third-order valence-electron chi connectivity index (χ3n) is 6.42. The molecule has 1 fully saturated rings. The fourth-order valence-electron chi connectivity index (χ4n) is 4.44. The molecular weight excluding hydrogens is 616 g/mol. The van der Waals surface area contributed by atoms with E-state index in [9.17, 15) is 18.0 Å². The summed E-state index contributed by atoms with van der Waals surface area (Å²) in [5.74, 6) is -0.976. The van der Waals surface area contributed by atoms with Crippen LogP contribution in [0.1, 0.15) is 44.6 Å². The van der Waals surface area contributed by atoms with Gasteiger partial charge in [-0.3, -0.25) is 13.9 Å². The van der Waals surface area contributed by atoms with E-state index in [1.54, 1.807) is 25.1 Å². The molecule has 38 heavy (non-hydrogen) atoms. The predicted octanol–water partition coefficient (Wildman–Crippen LogP) is 6.59. The Morgan fingerprint density at radius 3 is 2.11 bits per heavy atom. The molecule has 1 aliphatic carbocycles. The summed E-state index contributed by atoms with van der Waals surface area (Å²) in [6.45, 7) is 1.02. The van der Waals surface area contributed by atoms with Gasteiger partial charge < -0.3 is 10.2 Å². The average Bonchev–Trinajstić information content (AvgIpc) is 3.34. The third-order valence-corrected chi connectivity index (χ3v) is 9.27. The lowest BCUT2D eigenvalue weighted by Crippen LogP contribution is -2.53. The number of amides is 2. The molecule has 1 N–H and O–H groups in total. The van der Waals surface area contributed by atoms with Gasteiger partial charge in [0.05, 0.1) is 27.0 Å². The van der Waals surface area contributed by atoms with Crippen LogP contribution in [0.2, 0.25) is 25.1 Å². The van der Waals surface area contributed by atoms with Crippen molar-refractivity contribution in [2.45, 2.75) is 57.7 Å². The van der Waals surface area contributed by atoms with Gasteiger partial charge in [0, 0.05) is 28.2 Å². The van der Waals surface area contributed by atoms with Gasteiger partial charge in [-0.2, -0.15) is 0 Å². The van der Waals surface area contributed by atoms with Crippen molar-refractivity contribution in [1.82, 2.24) is 10.2 Å². The fourth-order valence-corrected chi connectivity index (χ4v) is 6.50. The van der Waals surface area contributed by atoms with Crippen LogP contribution in [0.4, 0.5) is 5.69 Å². The molecule has 1 unspecified atom stereocenters. The Morgan fingerprint density at radius 2 is 1.55 bits per heavy atom. The van der Waals surface area contributed by atoms with Crippen LogP contribution in [-0.2, 0) is 26.2 Å². The Morgan fingerprint density at radius 1 is 0.974 bits per heavy atom. The van der Waals surface area contributed by atoms with E-state index in [2.05, 4.69) is 5.32 Å². The van der Waals surface area contributed by atoms with Crippen LogP contribution < -0.4 is 9.62 Å². The zero-order valence-electron chi connectivity index (χ0n) is 20.8. The van der Waals surface area contributed by atoms with Crippen molar-refractivity contribution in [3.8, 4) is 0 Å². The number of anilines is 1. The van der Waals surface area contributed by atoms with Gasteiger partial charge in [0.15, 0.2) is 0 Å². The summed E-state index contributed by atoms with van der Waals surface area (Å²) in [6.07, 6.45) is 4.99. The van der Waals surface area contributed by atoms with E-state index in [0.29, 0.717) is 15.6 Å². The molecule has 0 aliphatic heterocycles. The highest BCUT2D eigenvalue weighted by atomic mass is 35.5. The lowest BCUT2D eigenvalue weighted by Gasteiger charge is -2.34. The van der Waals surface area contributed by atoms with Gasteiger partial charge in [0.1, 0.15) is 12.6 Å². The van der Waals surface area contributed by atoms with E-state index in [0.717, 1.165) is 36.2 Å². The second-order valence-corrected chi connectivity index (χ2v) is 13.1. The molecule has 2 aromatic rings. The van der Waals surface area contributed by atoms with Crippen molar-refractivity contribution in [2.24, 2.45) is 0 Å². The third kappa shape index (κ3) is 7.61. The maximum absolute atomic E-state index is 13.9. The lowest BCUT2D eigenvalue weighted by molar-refractivity contribution is -0.140. The number of carbonyl (C=O) groups excluding carboxylic acids is 2. The number of rotatable bonds is 10. The second kappa shape index (κ2) is 13.3. The zero-order chi connectivity index (χ0) is 28.2. The summed E-state index contributed by atoms with van der Waals surface area (Å²) >= 11 is 31.2. The first kappa shape index (κ1) is 31.1. The number of nitrogens with zero attached hydrogens (tertiary/aromatic N) is 2.